The highest BCUT2D eigenvalue weighted by Gasteiger charge is 2.40. The highest BCUT2D eigenvalue weighted by molar-refractivity contribution is 5.30. The molecule has 2 atom stereocenters. The largest absolute Gasteiger partial charge is 0.497 e. The Morgan fingerprint density at radius 2 is 2.10 bits per heavy atom. The van der Waals surface area contributed by atoms with E-state index in [4.69, 9.17) is 15.2 Å². The topological polar surface area (TPSA) is 44.5 Å². The van der Waals surface area contributed by atoms with E-state index in [1.807, 2.05) is 12.1 Å². The average molecular weight is 289 g/mol. The SMILES string of the molecule is COc1cccc(C(N)C2CCOC3(CCCCC3)C2)c1. The lowest BCUT2D eigenvalue weighted by molar-refractivity contribution is -0.120. The van der Waals surface area contributed by atoms with Gasteiger partial charge in [-0.15, -0.1) is 0 Å². The van der Waals surface area contributed by atoms with Crippen molar-refractivity contribution in [2.45, 2.75) is 56.6 Å². The molecule has 3 nitrogen and oxygen atoms in total. The molecule has 2 N–H and O–H groups in total. The van der Waals surface area contributed by atoms with E-state index >= 15 is 0 Å². The van der Waals surface area contributed by atoms with Crippen molar-refractivity contribution >= 4 is 0 Å². The Morgan fingerprint density at radius 1 is 1.29 bits per heavy atom. The normalized spacial score (nSPS) is 26.5. The Hall–Kier alpha value is -1.06. The predicted molar refractivity (Wildman–Crippen MR) is 84.4 cm³/mol. The third kappa shape index (κ3) is 3.24. The molecule has 3 rings (SSSR count). The molecule has 3 heteroatoms. The second-order valence-corrected chi connectivity index (χ2v) is 6.65. The summed E-state index contributed by atoms with van der Waals surface area (Å²) in [5, 5.41) is 0. The van der Waals surface area contributed by atoms with Gasteiger partial charge in [0.25, 0.3) is 0 Å². The highest BCUT2D eigenvalue weighted by atomic mass is 16.5. The van der Waals surface area contributed by atoms with E-state index in [2.05, 4.69) is 12.1 Å². The van der Waals surface area contributed by atoms with Gasteiger partial charge >= 0.3 is 0 Å². The van der Waals surface area contributed by atoms with Crippen LogP contribution in [0.1, 0.15) is 56.6 Å². The minimum absolute atomic E-state index is 0.0859. The number of methoxy groups -OCH3 is 1. The molecule has 0 amide bonds. The van der Waals surface area contributed by atoms with Crippen molar-refractivity contribution in [2.75, 3.05) is 13.7 Å². The second-order valence-electron chi connectivity index (χ2n) is 6.65. The van der Waals surface area contributed by atoms with Crippen LogP contribution in [0, 0.1) is 5.92 Å². The molecular weight excluding hydrogens is 262 g/mol. The fraction of sp³-hybridized carbons (Fsp3) is 0.667. The number of ether oxygens (including phenoxy) is 2. The molecule has 0 aromatic heterocycles. The first-order chi connectivity index (χ1) is 10.2. The van der Waals surface area contributed by atoms with E-state index in [-0.39, 0.29) is 11.6 Å². The third-order valence-corrected chi connectivity index (χ3v) is 5.28. The Bertz CT molecular complexity index is 463. The summed E-state index contributed by atoms with van der Waals surface area (Å²) in [5.41, 5.74) is 7.88. The van der Waals surface area contributed by atoms with Crippen LogP contribution in [0.3, 0.4) is 0 Å². The number of hydrogen-bond donors (Lipinski definition) is 1. The Balaban J connectivity index is 1.72. The van der Waals surface area contributed by atoms with Crippen LogP contribution in [0.2, 0.25) is 0 Å². The molecule has 1 heterocycles. The maximum absolute atomic E-state index is 6.57. The van der Waals surface area contributed by atoms with Gasteiger partial charge < -0.3 is 15.2 Å². The van der Waals surface area contributed by atoms with Crippen molar-refractivity contribution in [3.8, 4) is 5.75 Å². The van der Waals surface area contributed by atoms with Crippen LogP contribution in [0.4, 0.5) is 0 Å². The molecule has 2 unspecified atom stereocenters. The van der Waals surface area contributed by atoms with E-state index in [1.165, 1.54) is 37.7 Å². The first-order valence-electron chi connectivity index (χ1n) is 8.26. The quantitative estimate of drug-likeness (QED) is 0.920. The van der Waals surface area contributed by atoms with E-state index < -0.39 is 0 Å². The van der Waals surface area contributed by atoms with Gasteiger partial charge in [0.05, 0.1) is 12.7 Å². The Morgan fingerprint density at radius 3 is 2.86 bits per heavy atom. The molecule has 0 radical (unpaired) electrons. The lowest BCUT2D eigenvalue weighted by atomic mass is 9.73. The number of benzene rings is 1. The molecule has 1 spiro atoms. The van der Waals surface area contributed by atoms with Crippen LogP contribution >= 0.6 is 0 Å². The number of rotatable bonds is 3. The lowest BCUT2D eigenvalue weighted by Crippen LogP contribution is -2.44. The van der Waals surface area contributed by atoms with Gasteiger partial charge in [0.2, 0.25) is 0 Å². The fourth-order valence-electron chi connectivity index (χ4n) is 4.04. The maximum atomic E-state index is 6.57. The van der Waals surface area contributed by atoms with Gasteiger partial charge in [0, 0.05) is 12.6 Å². The van der Waals surface area contributed by atoms with Crippen LogP contribution < -0.4 is 10.5 Å². The molecule has 0 bridgehead atoms. The molecule has 1 saturated heterocycles. The summed E-state index contributed by atoms with van der Waals surface area (Å²) in [6.45, 7) is 0.863. The van der Waals surface area contributed by atoms with Gasteiger partial charge in [0.15, 0.2) is 0 Å². The first kappa shape index (κ1) is 14.9. The van der Waals surface area contributed by atoms with Crippen molar-refractivity contribution in [3.05, 3.63) is 29.8 Å². The zero-order valence-electron chi connectivity index (χ0n) is 13.0. The summed E-state index contributed by atoms with van der Waals surface area (Å²) in [6, 6.07) is 8.29. The molecule has 1 aromatic rings. The second kappa shape index (κ2) is 6.37. The van der Waals surface area contributed by atoms with Crippen molar-refractivity contribution < 1.29 is 9.47 Å². The van der Waals surface area contributed by atoms with Gasteiger partial charge in [-0.25, -0.2) is 0 Å². The molecule has 116 valence electrons. The predicted octanol–water partition coefficient (Wildman–Crippen LogP) is 3.82. The molecule has 2 aliphatic rings. The summed E-state index contributed by atoms with van der Waals surface area (Å²) < 4.78 is 11.5. The molecule has 1 saturated carbocycles. The Kier molecular flexibility index (Phi) is 4.51. The van der Waals surface area contributed by atoms with Crippen molar-refractivity contribution in [1.82, 2.24) is 0 Å². The van der Waals surface area contributed by atoms with Crippen molar-refractivity contribution in [3.63, 3.8) is 0 Å². The standard InChI is InChI=1S/C18H27NO2/c1-20-16-7-5-6-14(12-16)17(19)15-8-11-21-18(13-15)9-3-2-4-10-18/h5-7,12,15,17H,2-4,8-11,13,19H2,1H3. The molecule has 1 aliphatic heterocycles. The van der Waals surface area contributed by atoms with Crippen LogP contribution in [0.5, 0.6) is 5.75 Å². The number of hydrogen-bond acceptors (Lipinski definition) is 3. The number of nitrogens with two attached hydrogens (primary N) is 1. The molecule has 2 fully saturated rings. The minimum atomic E-state index is 0.0859. The van der Waals surface area contributed by atoms with E-state index in [0.717, 1.165) is 25.2 Å². The van der Waals surface area contributed by atoms with Crippen LogP contribution in [-0.2, 0) is 4.74 Å². The lowest BCUT2D eigenvalue weighted by Gasteiger charge is -2.45. The summed E-state index contributed by atoms with van der Waals surface area (Å²) in [4.78, 5) is 0. The van der Waals surface area contributed by atoms with Crippen LogP contribution in [0.25, 0.3) is 0 Å². The van der Waals surface area contributed by atoms with Crippen molar-refractivity contribution in [1.29, 1.82) is 0 Å². The summed E-state index contributed by atoms with van der Waals surface area (Å²) in [7, 11) is 1.70. The zero-order valence-corrected chi connectivity index (χ0v) is 13.0. The monoisotopic (exact) mass is 289 g/mol. The first-order valence-corrected chi connectivity index (χ1v) is 8.26. The van der Waals surface area contributed by atoms with Crippen LogP contribution in [-0.4, -0.2) is 19.3 Å². The summed E-state index contributed by atoms with van der Waals surface area (Å²) in [5.74, 6) is 1.41. The molecular formula is C18H27NO2. The average Bonchev–Trinajstić information content (AvgIpc) is 2.55. The Labute approximate surface area is 127 Å². The highest BCUT2D eigenvalue weighted by Crippen LogP contribution is 2.43. The van der Waals surface area contributed by atoms with Gasteiger partial charge in [-0.05, 0) is 49.3 Å². The maximum Gasteiger partial charge on any atom is 0.119 e. The zero-order chi connectivity index (χ0) is 14.7. The smallest absolute Gasteiger partial charge is 0.119 e. The van der Waals surface area contributed by atoms with Gasteiger partial charge in [-0.3, -0.25) is 0 Å². The van der Waals surface area contributed by atoms with E-state index in [9.17, 15) is 0 Å². The molecule has 1 aliphatic carbocycles. The molecule has 21 heavy (non-hydrogen) atoms. The fourth-order valence-corrected chi connectivity index (χ4v) is 4.04. The van der Waals surface area contributed by atoms with Gasteiger partial charge in [-0.2, -0.15) is 0 Å². The van der Waals surface area contributed by atoms with Crippen molar-refractivity contribution in [2.24, 2.45) is 11.7 Å². The van der Waals surface area contributed by atoms with E-state index in [1.54, 1.807) is 7.11 Å². The summed E-state index contributed by atoms with van der Waals surface area (Å²) in [6.07, 6.45) is 8.59. The minimum Gasteiger partial charge on any atom is -0.497 e. The molecule has 1 aromatic carbocycles. The van der Waals surface area contributed by atoms with Crippen LogP contribution in [0.15, 0.2) is 24.3 Å². The third-order valence-electron chi connectivity index (χ3n) is 5.28. The summed E-state index contributed by atoms with van der Waals surface area (Å²) >= 11 is 0. The van der Waals surface area contributed by atoms with E-state index in [0.29, 0.717) is 5.92 Å². The van der Waals surface area contributed by atoms with Gasteiger partial charge in [0.1, 0.15) is 5.75 Å². The van der Waals surface area contributed by atoms with Gasteiger partial charge in [-0.1, -0.05) is 31.4 Å².